The van der Waals surface area contributed by atoms with Crippen molar-refractivity contribution in [1.82, 2.24) is 28.9 Å². The molecule has 0 unspecified atom stereocenters. The van der Waals surface area contributed by atoms with E-state index in [0.717, 1.165) is 24.0 Å². The third kappa shape index (κ3) is 3.11. The second kappa shape index (κ2) is 6.83. The number of nitrogens with one attached hydrogen (secondary N) is 1. The first-order valence-electron chi connectivity index (χ1n) is 8.47. The normalized spacial score (nSPS) is 15.9. The molecule has 0 saturated carbocycles. The Kier molecular flexibility index (Phi) is 4.76. The van der Waals surface area contributed by atoms with Crippen molar-refractivity contribution in [2.24, 2.45) is 20.0 Å². The van der Waals surface area contributed by atoms with Gasteiger partial charge in [-0.2, -0.15) is 0 Å². The fourth-order valence-electron chi connectivity index (χ4n) is 3.45. The number of aryl methyl sites for hydroxylation is 2. The van der Waals surface area contributed by atoms with E-state index in [2.05, 4.69) is 10.3 Å². The molecule has 3 rings (SSSR count). The topological polar surface area (TPSA) is 94.2 Å². The van der Waals surface area contributed by atoms with Gasteiger partial charge in [0, 0.05) is 27.2 Å². The average molecular weight is 348 g/mol. The van der Waals surface area contributed by atoms with Crippen molar-refractivity contribution in [1.29, 1.82) is 0 Å². The average Bonchev–Trinajstić information content (AvgIpc) is 2.99. The van der Waals surface area contributed by atoms with E-state index in [1.54, 1.807) is 23.6 Å². The number of hydrogen-bond donors (Lipinski definition) is 1. The Morgan fingerprint density at radius 2 is 1.96 bits per heavy atom. The molecule has 0 radical (unpaired) electrons. The lowest BCUT2D eigenvalue weighted by Crippen LogP contribution is -2.47. The summed E-state index contributed by atoms with van der Waals surface area (Å²) >= 11 is 0. The van der Waals surface area contributed by atoms with Gasteiger partial charge in [-0.05, 0) is 32.4 Å². The zero-order valence-corrected chi connectivity index (χ0v) is 14.9. The number of likely N-dealkylation sites (tertiary alicyclic amines) is 1. The van der Waals surface area contributed by atoms with E-state index in [-0.39, 0.29) is 12.5 Å². The molecule has 2 aromatic heterocycles. The maximum Gasteiger partial charge on any atom is 0.332 e. The Morgan fingerprint density at radius 3 is 2.60 bits per heavy atom. The lowest BCUT2D eigenvalue weighted by molar-refractivity contribution is -0.133. The molecule has 0 atom stereocenters. The number of amides is 1. The molecule has 1 N–H and O–H groups in total. The number of fused-ring (bicyclic) bond motifs is 1. The lowest BCUT2D eigenvalue weighted by Gasteiger charge is -2.32. The Balaban J connectivity index is 1.84. The molecule has 0 bridgehead atoms. The van der Waals surface area contributed by atoms with Crippen LogP contribution in [-0.2, 0) is 25.4 Å². The Bertz CT molecular complexity index is 901. The van der Waals surface area contributed by atoms with Crippen LogP contribution in [0.25, 0.3) is 11.2 Å². The summed E-state index contributed by atoms with van der Waals surface area (Å²) in [7, 11) is 5.18. The van der Waals surface area contributed by atoms with Crippen LogP contribution in [0, 0.1) is 5.92 Å². The smallest absolute Gasteiger partial charge is 0.332 e. The van der Waals surface area contributed by atoms with E-state index in [1.165, 1.54) is 10.9 Å². The van der Waals surface area contributed by atoms with Gasteiger partial charge in [-0.1, -0.05) is 0 Å². The summed E-state index contributed by atoms with van der Waals surface area (Å²) in [6.45, 7) is 2.03. The van der Waals surface area contributed by atoms with Crippen LogP contribution in [-0.4, -0.2) is 56.2 Å². The van der Waals surface area contributed by atoms with Crippen molar-refractivity contribution in [2.45, 2.75) is 19.4 Å². The van der Waals surface area contributed by atoms with E-state index in [4.69, 9.17) is 0 Å². The van der Waals surface area contributed by atoms with Crippen LogP contribution in [0.2, 0.25) is 0 Å². The Morgan fingerprint density at radius 1 is 1.28 bits per heavy atom. The van der Waals surface area contributed by atoms with Gasteiger partial charge in [0.15, 0.2) is 11.2 Å². The van der Waals surface area contributed by atoms with Crippen LogP contribution in [0.5, 0.6) is 0 Å². The van der Waals surface area contributed by atoms with Crippen LogP contribution < -0.4 is 16.6 Å². The standard InChI is InChI=1S/C16H24N6O3/c1-17-8-11-4-6-21(7-5-11)12(23)9-22-15(24)13-14(18-10-19(13)2)20(3)16(22)25/h10-11,17H,4-9H2,1-3H3. The summed E-state index contributed by atoms with van der Waals surface area (Å²) in [5.74, 6) is 0.374. The van der Waals surface area contributed by atoms with Crippen molar-refractivity contribution in [3.05, 3.63) is 27.2 Å². The van der Waals surface area contributed by atoms with Gasteiger partial charge in [0.05, 0.1) is 6.33 Å². The lowest BCUT2D eigenvalue weighted by atomic mass is 9.97. The van der Waals surface area contributed by atoms with E-state index in [1.807, 2.05) is 7.05 Å². The van der Waals surface area contributed by atoms with Gasteiger partial charge in [-0.25, -0.2) is 14.3 Å². The third-order valence-electron chi connectivity index (χ3n) is 4.95. The second-order valence-electron chi connectivity index (χ2n) is 6.64. The highest BCUT2D eigenvalue weighted by Gasteiger charge is 2.24. The minimum Gasteiger partial charge on any atom is -0.341 e. The van der Waals surface area contributed by atoms with E-state index < -0.39 is 11.2 Å². The number of carbonyl (C=O) groups is 1. The number of aromatic nitrogens is 4. The SMILES string of the molecule is CNCC1CCN(C(=O)Cn2c(=O)c3c(ncn3C)n(C)c2=O)CC1. The summed E-state index contributed by atoms with van der Waals surface area (Å²) < 4.78 is 3.89. The van der Waals surface area contributed by atoms with Crippen LogP contribution >= 0.6 is 0 Å². The van der Waals surface area contributed by atoms with Gasteiger partial charge in [0.1, 0.15) is 6.54 Å². The molecule has 1 aliphatic rings. The number of imidazole rings is 1. The third-order valence-corrected chi connectivity index (χ3v) is 4.95. The molecule has 0 aromatic carbocycles. The monoisotopic (exact) mass is 348 g/mol. The van der Waals surface area contributed by atoms with Crippen LogP contribution in [0.4, 0.5) is 0 Å². The molecule has 1 fully saturated rings. The predicted octanol–water partition coefficient (Wildman–Crippen LogP) is -1.11. The van der Waals surface area contributed by atoms with Crippen LogP contribution in [0.15, 0.2) is 15.9 Å². The van der Waals surface area contributed by atoms with Gasteiger partial charge >= 0.3 is 5.69 Å². The summed E-state index contributed by atoms with van der Waals surface area (Å²) in [4.78, 5) is 43.5. The quantitative estimate of drug-likeness (QED) is 0.756. The van der Waals surface area contributed by atoms with Gasteiger partial charge in [-0.15, -0.1) is 0 Å². The van der Waals surface area contributed by atoms with Crippen LogP contribution in [0.1, 0.15) is 12.8 Å². The van der Waals surface area contributed by atoms with Crippen molar-refractivity contribution >= 4 is 17.1 Å². The number of carbonyl (C=O) groups excluding carboxylic acids is 1. The first-order chi connectivity index (χ1) is 11.9. The second-order valence-corrected chi connectivity index (χ2v) is 6.64. The molecule has 1 amide bonds. The van der Waals surface area contributed by atoms with Crippen molar-refractivity contribution in [2.75, 3.05) is 26.7 Å². The van der Waals surface area contributed by atoms with E-state index in [9.17, 15) is 14.4 Å². The van der Waals surface area contributed by atoms with Gasteiger partial charge in [0.25, 0.3) is 5.56 Å². The summed E-state index contributed by atoms with van der Waals surface area (Å²) in [6, 6.07) is 0. The number of nitrogens with zero attached hydrogens (tertiary/aromatic N) is 5. The Labute approximate surface area is 144 Å². The highest BCUT2D eigenvalue weighted by Crippen LogP contribution is 2.16. The summed E-state index contributed by atoms with van der Waals surface area (Å²) in [5.41, 5.74) is -0.345. The largest absolute Gasteiger partial charge is 0.341 e. The molecule has 25 heavy (non-hydrogen) atoms. The summed E-state index contributed by atoms with van der Waals surface area (Å²) in [6.07, 6.45) is 3.35. The first kappa shape index (κ1) is 17.4. The van der Waals surface area contributed by atoms with Crippen molar-refractivity contribution in [3.63, 3.8) is 0 Å². The number of piperidine rings is 1. The molecule has 9 nitrogen and oxygen atoms in total. The molecule has 2 aromatic rings. The van der Waals surface area contributed by atoms with Crippen molar-refractivity contribution < 1.29 is 4.79 Å². The number of rotatable bonds is 4. The number of hydrogen-bond acceptors (Lipinski definition) is 5. The minimum atomic E-state index is -0.519. The molecule has 0 spiro atoms. The molecular formula is C16H24N6O3. The zero-order chi connectivity index (χ0) is 18.1. The molecular weight excluding hydrogens is 324 g/mol. The van der Waals surface area contributed by atoms with Gasteiger partial charge in [-0.3, -0.25) is 14.2 Å². The highest BCUT2D eigenvalue weighted by molar-refractivity contribution is 5.77. The Hall–Kier alpha value is -2.42. The first-order valence-corrected chi connectivity index (χ1v) is 8.47. The maximum absolute atomic E-state index is 12.6. The molecule has 9 heteroatoms. The molecule has 1 saturated heterocycles. The predicted molar refractivity (Wildman–Crippen MR) is 93.4 cm³/mol. The fraction of sp³-hybridized carbons (Fsp3) is 0.625. The molecule has 0 aliphatic carbocycles. The summed E-state index contributed by atoms with van der Waals surface area (Å²) in [5, 5.41) is 3.16. The van der Waals surface area contributed by atoms with Crippen molar-refractivity contribution in [3.8, 4) is 0 Å². The maximum atomic E-state index is 12.6. The fourth-order valence-corrected chi connectivity index (χ4v) is 3.45. The zero-order valence-electron chi connectivity index (χ0n) is 14.9. The van der Waals surface area contributed by atoms with E-state index >= 15 is 0 Å². The molecule has 1 aliphatic heterocycles. The minimum absolute atomic E-state index is 0.191. The van der Waals surface area contributed by atoms with E-state index in [0.29, 0.717) is 30.2 Å². The highest BCUT2D eigenvalue weighted by atomic mass is 16.2. The van der Waals surface area contributed by atoms with Gasteiger partial charge < -0.3 is 14.8 Å². The van der Waals surface area contributed by atoms with Crippen LogP contribution in [0.3, 0.4) is 0 Å². The van der Waals surface area contributed by atoms with Gasteiger partial charge in [0.2, 0.25) is 5.91 Å². The molecule has 3 heterocycles. The molecule has 136 valence electrons.